The molecule has 0 N–H and O–H groups in total. The summed E-state index contributed by atoms with van der Waals surface area (Å²) in [5.41, 5.74) is 0.327. The molecule has 0 bridgehead atoms. The van der Waals surface area contributed by atoms with Gasteiger partial charge in [-0.1, -0.05) is 6.07 Å². The standard InChI is InChI=1S/C15H15FO2S/c1-18-15-8-7-11(16)10-13(15)14(17)6-2-4-12-5-3-9-19-12/h3,5,7-10H,2,4,6H2,1H3. The first-order valence-corrected chi connectivity index (χ1v) is 6.98. The minimum atomic E-state index is -0.414. The Labute approximate surface area is 115 Å². The smallest absolute Gasteiger partial charge is 0.166 e. The summed E-state index contributed by atoms with van der Waals surface area (Å²) in [5, 5.41) is 2.02. The molecule has 0 radical (unpaired) electrons. The molecule has 19 heavy (non-hydrogen) atoms. The number of carbonyl (C=O) groups excluding carboxylic acids is 1. The Hall–Kier alpha value is -1.68. The number of methoxy groups -OCH3 is 1. The summed E-state index contributed by atoms with van der Waals surface area (Å²) < 4.78 is 18.3. The van der Waals surface area contributed by atoms with Crippen LogP contribution in [-0.4, -0.2) is 12.9 Å². The molecule has 1 aromatic carbocycles. The van der Waals surface area contributed by atoms with Gasteiger partial charge < -0.3 is 4.74 Å². The molecular formula is C15H15FO2S. The number of Topliss-reactive ketones (excluding diaryl/α,β-unsaturated/α-hetero) is 1. The molecule has 0 aliphatic heterocycles. The lowest BCUT2D eigenvalue weighted by Gasteiger charge is -2.07. The maximum Gasteiger partial charge on any atom is 0.166 e. The second-order valence-corrected chi connectivity index (χ2v) is 5.23. The van der Waals surface area contributed by atoms with Crippen molar-refractivity contribution in [3.05, 3.63) is 52.0 Å². The molecule has 0 unspecified atom stereocenters. The van der Waals surface area contributed by atoms with Crippen LogP contribution in [0.5, 0.6) is 5.75 Å². The first-order valence-electron chi connectivity index (χ1n) is 6.10. The first kappa shape index (κ1) is 13.7. The number of rotatable bonds is 6. The lowest BCUT2D eigenvalue weighted by Crippen LogP contribution is -2.03. The molecule has 2 nitrogen and oxygen atoms in total. The highest BCUT2D eigenvalue weighted by Crippen LogP contribution is 2.22. The van der Waals surface area contributed by atoms with Crippen LogP contribution in [0.2, 0.25) is 0 Å². The molecule has 0 saturated heterocycles. The average molecular weight is 278 g/mol. The van der Waals surface area contributed by atoms with Gasteiger partial charge in [-0.05, 0) is 42.5 Å². The lowest BCUT2D eigenvalue weighted by atomic mass is 10.0. The van der Waals surface area contributed by atoms with E-state index in [1.807, 2.05) is 11.4 Å². The number of benzene rings is 1. The summed E-state index contributed by atoms with van der Waals surface area (Å²) in [4.78, 5) is 13.3. The maximum atomic E-state index is 13.2. The lowest BCUT2D eigenvalue weighted by molar-refractivity contribution is 0.0977. The van der Waals surface area contributed by atoms with Crippen molar-refractivity contribution in [2.45, 2.75) is 19.3 Å². The second kappa shape index (κ2) is 6.48. The van der Waals surface area contributed by atoms with Crippen molar-refractivity contribution in [1.82, 2.24) is 0 Å². The number of hydrogen-bond donors (Lipinski definition) is 0. The molecule has 0 fully saturated rings. The van der Waals surface area contributed by atoms with Gasteiger partial charge in [0, 0.05) is 11.3 Å². The van der Waals surface area contributed by atoms with Crippen LogP contribution in [-0.2, 0) is 6.42 Å². The third-order valence-electron chi connectivity index (χ3n) is 2.87. The molecule has 0 amide bonds. The molecule has 100 valence electrons. The third-order valence-corrected chi connectivity index (χ3v) is 3.81. The summed E-state index contributed by atoms with van der Waals surface area (Å²) >= 11 is 1.68. The van der Waals surface area contributed by atoms with Crippen LogP contribution < -0.4 is 4.74 Å². The van der Waals surface area contributed by atoms with Crippen LogP contribution in [0.3, 0.4) is 0 Å². The van der Waals surface area contributed by atoms with Gasteiger partial charge in [0.2, 0.25) is 0 Å². The second-order valence-electron chi connectivity index (χ2n) is 4.20. The molecule has 0 spiro atoms. The number of hydrogen-bond acceptors (Lipinski definition) is 3. The van der Waals surface area contributed by atoms with Gasteiger partial charge in [0.05, 0.1) is 12.7 Å². The van der Waals surface area contributed by atoms with E-state index >= 15 is 0 Å². The van der Waals surface area contributed by atoms with Crippen molar-refractivity contribution >= 4 is 17.1 Å². The summed E-state index contributed by atoms with van der Waals surface area (Å²) in [7, 11) is 1.48. The molecule has 2 rings (SSSR count). The minimum Gasteiger partial charge on any atom is -0.496 e. The van der Waals surface area contributed by atoms with Gasteiger partial charge in [-0.2, -0.15) is 0 Å². The summed E-state index contributed by atoms with van der Waals surface area (Å²) in [6.45, 7) is 0. The third kappa shape index (κ3) is 3.64. The SMILES string of the molecule is COc1ccc(F)cc1C(=O)CCCc1cccs1. The Bertz CT molecular complexity index is 549. The Kier molecular flexibility index (Phi) is 4.68. The largest absolute Gasteiger partial charge is 0.496 e. The van der Waals surface area contributed by atoms with Gasteiger partial charge in [0.1, 0.15) is 11.6 Å². The fourth-order valence-corrected chi connectivity index (χ4v) is 2.66. The average Bonchev–Trinajstić information content (AvgIpc) is 2.91. The zero-order chi connectivity index (χ0) is 13.7. The Balaban J connectivity index is 1.97. The topological polar surface area (TPSA) is 26.3 Å². The van der Waals surface area contributed by atoms with Crippen LogP contribution in [0.15, 0.2) is 35.7 Å². The summed E-state index contributed by atoms with van der Waals surface area (Å²) in [6.07, 6.45) is 2.04. The number of ketones is 1. The highest BCUT2D eigenvalue weighted by Gasteiger charge is 2.13. The van der Waals surface area contributed by atoms with Crippen molar-refractivity contribution < 1.29 is 13.9 Å². The number of halogens is 1. The van der Waals surface area contributed by atoms with Gasteiger partial charge in [-0.3, -0.25) is 4.79 Å². The fraction of sp³-hybridized carbons (Fsp3) is 0.267. The molecule has 0 aliphatic rings. The molecule has 1 aromatic heterocycles. The minimum absolute atomic E-state index is 0.0760. The Morgan fingerprint density at radius 1 is 1.37 bits per heavy atom. The summed E-state index contributed by atoms with van der Waals surface area (Å²) in [5.74, 6) is -0.0576. The molecule has 2 aromatic rings. The van der Waals surface area contributed by atoms with E-state index in [2.05, 4.69) is 6.07 Å². The van der Waals surface area contributed by atoms with Crippen LogP contribution in [0.4, 0.5) is 4.39 Å². The number of ether oxygens (including phenoxy) is 1. The monoisotopic (exact) mass is 278 g/mol. The van der Waals surface area contributed by atoms with Crippen molar-refractivity contribution in [1.29, 1.82) is 0 Å². The van der Waals surface area contributed by atoms with E-state index in [0.717, 1.165) is 12.8 Å². The van der Waals surface area contributed by atoms with Crippen LogP contribution in [0, 0.1) is 5.82 Å². The van der Waals surface area contributed by atoms with Gasteiger partial charge in [-0.25, -0.2) is 4.39 Å². The Morgan fingerprint density at radius 3 is 2.89 bits per heavy atom. The van der Waals surface area contributed by atoms with Crippen molar-refractivity contribution in [3.8, 4) is 5.75 Å². The predicted octanol–water partition coefficient (Wildman–Crippen LogP) is 4.10. The van der Waals surface area contributed by atoms with E-state index in [0.29, 0.717) is 17.7 Å². The van der Waals surface area contributed by atoms with E-state index in [1.54, 1.807) is 11.3 Å². The van der Waals surface area contributed by atoms with Gasteiger partial charge in [0.15, 0.2) is 5.78 Å². The maximum absolute atomic E-state index is 13.2. The van der Waals surface area contributed by atoms with Crippen molar-refractivity contribution in [3.63, 3.8) is 0 Å². The van der Waals surface area contributed by atoms with Crippen molar-refractivity contribution in [2.75, 3.05) is 7.11 Å². The normalized spacial score (nSPS) is 10.4. The van der Waals surface area contributed by atoms with Gasteiger partial charge >= 0.3 is 0 Å². The van der Waals surface area contributed by atoms with Gasteiger partial charge in [0.25, 0.3) is 0 Å². The zero-order valence-corrected chi connectivity index (χ0v) is 11.5. The van der Waals surface area contributed by atoms with Crippen LogP contribution in [0.25, 0.3) is 0 Å². The fourth-order valence-electron chi connectivity index (χ4n) is 1.91. The molecular weight excluding hydrogens is 263 g/mol. The first-order chi connectivity index (χ1) is 9.20. The molecule has 0 atom stereocenters. The zero-order valence-electron chi connectivity index (χ0n) is 10.7. The van der Waals surface area contributed by atoms with E-state index in [4.69, 9.17) is 4.74 Å². The number of thiophene rings is 1. The van der Waals surface area contributed by atoms with E-state index < -0.39 is 5.82 Å². The van der Waals surface area contributed by atoms with Crippen LogP contribution >= 0.6 is 11.3 Å². The summed E-state index contributed by atoms with van der Waals surface area (Å²) in [6, 6.07) is 8.07. The highest BCUT2D eigenvalue weighted by atomic mass is 32.1. The molecule has 4 heteroatoms. The van der Waals surface area contributed by atoms with Crippen molar-refractivity contribution in [2.24, 2.45) is 0 Å². The highest BCUT2D eigenvalue weighted by molar-refractivity contribution is 7.09. The number of carbonyl (C=O) groups is 1. The van der Waals surface area contributed by atoms with Gasteiger partial charge in [-0.15, -0.1) is 11.3 Å². The molecule has 0 aliphatic carbocycles. The van der Waals surface area contributed by atoms with E-state index in [1.165, 1.54) is 30.2 Å². The van der Waals surface area contributed by atoms with E-state index in [9.17, 15) is 9.18 Å². The molecule has 0 saturated carbocycles. The predicted molar refractivity (Wildman–Crippen MR) is 74.5 cm³/mol. The Morgan fingerprint density at radius 2 is 2.21 bits per heavy atom. The quantitative estimate of drug-likeness (QED) is 0.744. The number of aryl methyl sites for hydroxylation is 1. The van der Waals surface area contributed by atoms with E-state index in [-0.39, 0.29) is 5.78 Å². The van der Waals surface area contributed by atoms with Crippen LogP contribution in [0.1, 0.15) is 28.1 Å². The molecule has 1 heterocycles.